The Kier molecular flexibility index (Phi) is 6.94. The zero-order valence-electron chi connectivity index (χ0n) is 18.2. The van der Waals surface area contributed by atoms with Crippen molar-refractivity contribution < 1.29 is 28.9 Å². The van der Waals surface area contributed by atoms with Crippen molar-refractivity contribution in [2.45, 2.75) is 18.9 Å². The SMILES string of the molecule is N#Cc1cc2c(cc1Oc1ccc(C(=O)NCCc3ccccc3)cc1)OCCC2OC(=O)O. The molecule has 172 valence electrons. The highest BCUT2D eigenvalue weighted by molar-refractivity contribution is 5.94. The van der Waals surface area contributed by atoms with Crippen molar-refractivity contribution >= 4 is 12.1 Å². The number of benzene rings is 3. The van der Waals surface area contributed by atoms with Crippen LogP contribution >= 0.6 is 0 Å². The van der Waals surface area contributed by atoms with E-state index in [1.807, 2.05) is 30.3 Å². The molecule has 4 rings (SSSR count). The summed E-state index contributed by atoms with van der Waals surface area (Å²) in [5.74, 6) is 0.913. The van der Waals surface area contributed by atoms with Crippen LogP contribution in [0.15, 0.2) is 66.7 Å². The van der Waals surface area contributed by atoms with E-state index >= 15 is 0 Å². The van der Waals surface area contributed by atoms with Crippen LogP contribution in [0.3, 0.4) is 0 Å². The van der Waals surface area contributed by atoms with Crippen LogP contribution in [-0.2, 0) is 11.2 Å². The van der Waals surface area contributed by atoms with Crippen molar-refractivity contribution in [2.75, 3.05) is 13.2 Å². The van der Waals surface area contributed by atoms with E-state index in [9.17, 15) is 14.9 Å². The molecule has 8 heteroatoms. The number of nitrogens with one attached hydrogen (secondary N) is 1. The van der Waals surface area contributed by atoms with Gasteiger partial charge in [-0.25, -0.2) is 4.79 Å². The van der Waals surface area contributed by atoms with Gasteiger partial charge < -0.3 is 24.6 Å². The minimum atomic E-state index is -1.39. The number of nitrogens with zero attached hydrogens (tertiary/aromatic N) is 1. The molecule has 1 aliphatic heterocycles. The minimum absolute atomic E-state index is 0.188. The Morgan fingerprint density at radius 1 is 1.12 bits per heavy atom. The molecule has 1 unspecified atom stereocenters. The molecule has 0 aromatic heterocycles. The fraction of sp³-hybridized carbons (Fsp3) is 0.192. The molecule has 0 fully saturated rings. The van der Waals surface area contributed by atoms with E-state index < -0.39 is 12.3 Å². The van der Waals surface area contributed by atoms with Gasteiger partial charge in [0.05, 0.1) is 12.2 Å². The average molecular weight is 458 g/mol. The normalized spacial score (nSPS) is 14.1. The van der Waals surface area contributed by atoms with Crippen LogP contribution in [0.2, 0.25) is 0 Å². The van der Waals surface area contributed by atoms with E-state index in [4.69, 9.17) is 19.3 Å². The third kappa shape index (κ3) is 5.45. The number of hydrogen-bond donors (Lipinski definition) is 2. The van der Waals surface area contributed by atoms with Crippen LogP contribution in [0.5, 0.6) is 17.2 Å². The second-order valence-corrected chi connectivity index (χ2v) is 7.63. The predicted octanol–water partition coefficient (Wildman–Crippen LogP) is 4.84. The molecule has 0 saturated carbocycles. The third-order valence-electron chi connectivity index (χ3n) is 5.35. The van der Waals surface area contributed by atoms with Crippen LogP contribution in [0.25, 0.3) is 0 Å². The summed E-state index contributed by atoms with van der Waals surface area (Å²) in [6, 6.07) is 21.6. The van der Waals surface area contributed by atoms with E-state index in [-0.39, 0.29) is 23.8 Å². The molecule has 3 aromatic rings. The third-order valence-corrected chi connectivity index (χ3v) is 5.35. The Morgan fingerprint density at radius 3 is 2.59 bits per heavy atom. The molecule has 1 atom stereocenters. The van der Waals surface area contributed by atoms with Gasteiger partial charge in [0.25, 0.3) is 5.91 Å². The first-order valence-electron chi connectivity index (χ1n) is 10.7. The summed E-state index contributed by atoms with van der Waals surface area (Å²) in [6.45, 7) is 0.804. The molecular weight excluding hydrogens is 436 g/mol. The maximum absolute atomic E-state index is 12.4. The number of rotatable bonds is 7. The molecule has 0 spiro atoms. The minimum Gasteiger partial charge on any atom is -0.493 e. The summed E-state index contributed by atoms with van der Waals surface area (Å²) in [5.41, 5.74) is 2.34. The van der Waals surface area contributed by atoms with Gasteiger partial charge in [0.1, 0.15) is 29.4 Å². The van der Waals surface area contributed by atoms with Crippen molar-refractivity contribution in [3.8, 4) is 23.3 Å². The van der Waals surface area contributed by atoms with E-state index in [0.717, 1.165) is 12.0 Å². The van der Waals surface area contributed by atoms with Crippen molar-refractivity contribution in [2.24, 2.45) is 0 Å². The molecule has 1 amide bonds. The monoisotopic (exact) mass is 458 g/mol. The Morgan fingerprint density at radius 2 is 1.88 bits per heavy atom. The molecule has 0 bridgehead atoms. The van der Waals surface area contributed by atoms with E-state index in [0.29, 0.717) is 35.6 Å². The molecule has 8 nitrogen and oxygen atoms in total. The van der Waals surface area contributed by atoms with Crippen molar-refractivity contribution in [3.05, 3.63) is 89.0 Å². The lowest BCUT2D eigenvalue weighted by atomic mass is 10.00. The highest BCUT2D eigenvalue weighted by Gasteiger charge is 2.27. The molecular formula is C26H22N2O6. The highest BCUT2D eigenvalue weighted by atomic mass is 16.7. The summed E-state index contributed by atoms with van der Waals surface area (Å²) in [6.07, 6.45) is -0.995. The van der Waals surface area contributed by atoms with Crippen molar-refractivity contribution in [1.29, 1.82) is 5.26 Å². The fourth-order valence-electron chi connectivity index (χ4n) is 3.67. The number of nitriles is 1. The average Bonchev–Trinajstić information content (AvgIpc) is 2.84. The molecule has 34 heavy (non-hydrogen) atoms. The van der Waals surface area contributed by atoms with Gasteiger partial charge in [-0.1, -0.05) is 30.3 Å². The number of carbonyl (C=O) groups is 2. The fourth-order valence-corrected chi connectivity index (χ4v) is 3.67. The maximum Gasteiger partial charge on any atom is 0.506 e. The second kappa shape index (κ2) is 10.4. The lowest BCUT2D eigenvalue weighted by Gasteiger charge is -2.25. The van der Waals surface area contributed by atoms with Crippen LogP contribution in [-0.4, -0.2) is 30.3 Å². The lowest BCUT2D eigenvalue weighted by molar-refractivity contribution is 0.0326. The van der Waals surface area contributed by atoms with Gasteiger partial charge >= 0.3 is 6.16 Å². The predicted molar refractivity (Wildman–Crippen MR) is 122 cm³/mol. The number of carboxylic acid groups (broad SMARTS) is 1. The summed E-state index contributed by atoms with van der Waals surface area (Å²) in [7, 11) is 0. The van der Waals surface area contributed by atoms with Gasteiger partial charge in [-0.15, -0.1) is 0 Å². The second-order valence-electron chi connectivity index (χ2n) is 7.63. The molecule has 1 heterocycles. The zero-order valence-corrected chi connectivity index (χ0v) is 18.2. The molecule has 2 N–H and O–H groups in total. The molecule has 1 aliphatic rings. The zero-order chi connectivity index (χ0) is 23.9. The molecule has 0 saturated heterocycles. The highest BCUT2D eigenvalue weighted by Crippen LogP contribution is 2.40. The largest absolute Gasteiger partial charge is 0.506 e. The smallest absolute Gasteiger partial charge is 0.493 e. The maximum atomic E-state index is 12.4. The Balaban J connectivity index is 1.42. The van der Waals surface area contributed by atoms with E-state index in [1.165, 1.54) is 6.07 Å². The quantitative estimate of drug-likeness (QED) is 0.486. The van der Waals surface area contributed by atoms with Crippen molar-refractivity contribution in [3.63, 3.8) is 0 Å². The van der Waals surface area contributed by atoms with Gasteiger partial charge in [0.15, 0.2) is 0 Å². The number of hydrogen-bond acceptors (Lipinski definition) is 6. The van der Waals surface area contributed by atoms with Gasteiger partial charge in [-0.2, -0.15) is 5.26 Å². The van der Waals surface area contributed by atoms with Crippen LogP contribution < -0.4 is 14.8 Å². The van der Waals surface area contributed by atoms with Gasteiger partial charge in [0, 0.05) is 30.2 Å². The first-order chi connectivity index (χ1) is 16.5. The van der Waals surface area contributed by atoms with E-state index in [2.05, 4.69) is 11.4 Å². The number of amides is 1. The summed E-state index contributed by atoms with van der Waals surface area (Å²) in [5, 5.41) is 21.4. The Bertz CT molecular complexity index is 1220. The van der Waals surface area contributed by atoms with Crippen LogP contribution in [0.1, 0.15) is 39.6 Å². The number of fused-ring (bicyclic) bond motifs is 1. The summed E-state index contributed by atoms with van der Waals surface area (Å²) in [4.78, 5) is 23.4. The molecule has 3 aromatic carbocycles. The standard InChI is InChI=1S/C26H22N2O6/c27-16-19-14-21-22(34-26(30)31)11-13-32-24(21)15-23(19)33-20-8-6-18(7-9-20)25(29)28-12-10-17-4-2-1-3-5-17/h1-9,14-15,22H,10-13H2,(H,28,29)(H,30,31). The van der Waals surface area contributed by atoms with Gasteiger partial charge in [-0.3, -0.25) is 4.79 Å². The van der Waals surface area contributed by atoms with Gasteiger partial charge in [-0.05, 0) is 42.3 Å². The topological polar surface area (TPSA) is 118 Å². The molecule has 0 radical (unpaired) electrons. The summed E-state index contributed by atoms with van der Waals surface area (Å²) < 4.78 is 16.4. The van der Waals surface area contributed by atoms with Gasteiger partial charge in [0.2, 0.25) is 0 Å². The van der Waals surface area contributed by atoms with E-state index in [1.54, 1.807) is 30.3 Å². The molecule has 0 aliphatic carbocycles. The Labute approximate surface area is 196 Å². The first kappa shape index (κ1) is 22.7. The number of carbonyl (C=O) groups excluding carboxylic acids is 1. The first-order valence-corrected chi connectivity index (χ1v) is 10.7. The Hall–Kier alpha value is -4.51. The van der Waals surface area contributed by atoms with Crippen LogP contribution in [0, 0.1) is 11.3 Å². The number of ether oxygens (including phenoxy) is 3. The van der Waals surface area contributed by atoms with Crippen molar-refractivity contribution in [1.82, 2.24) is 5.32 Å². The summed E-state index contributed by atoms with van der Waals surface area (Å²) >= 11 is 0. The van der Waals surface area contributed by atoms with Crippen LogP contribution in [0.4, 0.5) is 4.79 Å². The lowest BCUT2D eigenvalue weighted by Crippen LogP contribution is -2.25.